The number of amides is 1. The fourth-order valence-electron chi connectivity index (χ4n) is 4.76. The minimum atomic E-state index is 0.0522. The van der Waals surface area contributed by atoms with Gasteiger partial charge in [-0.1, -0.05) is 12.1 Å². The molecule has 0 spiro atoms. The van der Waals surface area contributed by atoms with Crippen molar-refractivity contribution in [3.05, 3.63) is 53.0 Å². The minimum absolute atomic E-state index is 0.0522. The molecule has 5 rings (SSSR count). The van der Waals surface area contributed by atoms with Gasteiger partial charge in [-0.2, -0.15) is 0 Å². The summed E-state index contributed by atoms with van der Waals surface area (Å²) in [7, 11) is 0. The lowest BCUT2D eigenvalue weighted by atomic mass is 10.1. The van der Waals surface area contributed by atoms with Crippen LogP contribution in [-0.2, 0) is 4.79 Å². The van der Waals surface area contributed by atoms with E-state index in [-0.39, 0.29) is 11.9 Å². The van der Waals surface area contributed by atoms with E-state index in [4.69, 9.17) is 4.98 Å². The Labute approximate surface area is 181 Å². The molecular formula is C24H28N4OS. The number of carbonyl (C=O) groups excluding carboxylic acids is 1. The maximum absolute atomic E-state index is 12.8. The van der Waals surface area contributed by atoms with Crippen LogP contribution in [0, 0.1) is 6.92 Å². The smallest absolute Gasteiger partial charge is 0.238 e. The third-order valence-corrected chi connectivity index (χ3v) is 7.37. The summed E-state index contributed by atoms with van der Waals surface area (Å²) in [5.41, 5.74) is 4.46. The second-order valence-corrected chi connectivity index (χ2v) is 9.45. The molecule has 156 valence electrons. The number of aromatic nitrogens is 1. The normalized spacial score (nSPS) is 19.6. The first-order valence-corrected chi connectivity index (χ1v) is 11.7. The van der Waals surface area contributed by atoms with Crippen LogP contribution in [0.15, 0.2) is 42.5 Å². The number of nitrogens with one attached hydrogen (secondary N) is 1. The summed E-state index contributed by atoms with van der Waals surface area (Å²) in [5, 5.41) is 4.24. The predicted molar refractivity (Wildman–Crippen MR) is 124 cm³/mol. The number of para-hydroxylation sites is 1. The number of likely N-dealkylation sites (tertiary alicyclic amines) is 1. The molecule has 1 aromatic heterocycles. The summed E-state index contributed by atoms with van der Waals surface area (Å²) >= 11 is 1.76. The highest BCUT2D eigenvalue weighted by molar-refractivity contribution is 7.18. The van der Waals surface area contributed by atoms with Crippen molar-refractivity contribution in [2.75, 3.05) is 36.4 Å². The average Bonchev–Trinajstić information content (AvgIpc) is 3.48. The highest BCUT2D eigenvalue weighted by Gasteiger charge is 2.30. The fraction of sp³-hybridized carbons (Fsp3) is 0.417. The Hall–Kier alpha value is -2.44. The van der Waals surface area contributed by atoms with Gasteiger partial charge in [-0.25, -0.2) is 4.98 Å². The Balaban J connectivity index is 1.25. The number of hydrogen-bond acceptors (Lipinski definition) is 5. The van der Waals surface area contributed by atoms with Crippen molar-refractivity contribution < 1.29 is 4.79 Å². The molecule has 2 saturated heterocycles. The van der Waals surface area contributed by atoms with Crippen LogP contribution in [0.1, 0.15) is 42.3 Å². The second kappa shape index (κ2) is 8.36. The largest absolute Gasteiger partial charge is 0.371 e. The zero-order valence-corrected chi connectivity index (χ0v) is 18.3. The molecule has 3 heterocycles. The van der Waals surface area contributed by atoms with E-state index in [1.54, 1.807) is 11.3 Å². The van der Waals surface area contributed by atoms with Gasteiger partial charge >= 0.3 is 0 Å². The van der Waals surface area contributed by atoms with Crippen LogP contribution in [0.5, 0.6) is 0 Å². The van der Waals surface area contributed by atoms with Gasteiger partial charge in [-0.15, -0.1) is 11.3 Å². The standard InChI is InChI=1S/C24H28N4OS/c1-17-15-18(10-11-20(17)27-12-4-5-13-27)25-23(29)16-28-14-6-8-21(28)24-26-19-7-2-3-9-22(19)30-24/h2-3,7,9-11,15,21H,4-6,8,12-14,16H2,1H3,(H,25,29)/t21-/m1/s1. The predicted octanol–water partition coefficient (Wildman–Crippen LogP) is 4.98. The molecule has 0 unspecified atom stereocenters. The van der Waals surface area contributed by atoms with Crippen molar-refractivity contribution in [3.63, 3.8) is 0 Å². The SMILES string of the molecule is Cc1cc(NC(=O)CN2CCC[C@@H]2c2nc3ccccc3s2)ccc1N1CCCC1. The molecule has 0 aliphatic carbocycles. The van der Waals surface area contributed by atoms with Gasteiger partial charge in [-0.05, 0) is 75.0 Å². The van der Waals surface area contributed by atoms with Crippen molar-refractivity contribution in [3.8, 4) is 0 Å². The van der Waals surface area contributed by atoms with Crippen molar-refractivity contribution in [1.82, 2.24) is 9.88 Å². The Morgan fingerprint density at radius 2 is 1.97 bits per heavy atom. The quantitative estimate of drug-likeness (QED) is 0.632. The number of rotatable bonds is 5. The van der Waals surface area contributed by atoms with Gasteiger partial charge < -0.3 is 10.2 Å². The van der Waals surface area contributed by atoms with Crippen LogP contribution in [0.25, 0.3) is 10.2 Å². The van der Waals surface area contributed by atoms with Crippen molar-refractivity contribution in [2.24, 2.45) is 0 Å². The van der Waals surface area contributed by atoms with E-state index in [9.17, 15) is 4.79 Å². The zero-order valence-electron chi connectivity index (χ0n) is 17.4. The number of nitrogens with zero attached hydrogens (tertiary/aromatic N) is 3. The first-order valence-electron chi connectivity index (χ1n) is 10.9. The van der Waals surface area contributed by atoms with E-state index in [1.807, 2.05) is 12.1 Å². The molecule has 1 amide bonds. The van der Waals surface area contributed by atoms with Gasteiger partial charge in [0.25, 0.3) is 0 Å². The van der Waals surface area contributed by atoms with Crippen LogP contribution >= 0.6 is 11.3 Å². The van der Waals surface area contributed by atoms with Crippen molar-refractivity contribution in [1.29, 1.82) is 0 Å². The molecular weight excluding hydrogens is 392 g/mol. The van der Waals surface area contributed by atoms with E-state index >= 15 is 0 Å². The number of anilines is 2. The molecule has 3 aromatic rings. The number of thiazole rings is 1. The number of fused-ring (bicyclic) bond motifs is 1. The molecule has 2 aliphatic heterocycles. The van der Waals surface area contributed by atoms with Crippen LogP contribution in [0.3, 0.4) is 0 Å². The monoisotopic (exact) mass is 420 g/mol. The van der Waals surface area contributed by atoms with E-state index < -0.39 is 0 Å². The Kier molecular flexibility index (Phi) is 5.44. The first-order chi connectivity index (χ1) is 14.7. The Bertz CT molecular complexity index is 1020. The highest BCUT2D eigenvalue weighted by Crippen LogP contribution is 2.36. The lowest BCUT2D eigenvalue weighted by molar-refractivity contribution is -0.117. The molecule has 2 fully saturated rings. The van der Waals surface area contributed by atoms with Gasteiger partial charge in [0.05, 0.1) is 22.8 Å². The summed E-state index contributed by atoms with van der Waals surface area (Å²) < 4.78 is 1.22. The summed E-state index contributed by atoms with van der Waals surface area (Å²) in [6, 6.07) is 14.8. The Morgan fingerprint density at radius 1 is 1.13 bits per heavy atom. The topological polar surface area (TPSA) is 48.5 Å². The fourth-order valence-corrected chi connectivity index (χ4v) is 5.90. The van der Waals surface area contributed by atoms with E-state index in [2.05, 4.69) is 52.4 Å². The van der Waals surface area contributed by atoms with Gasteiger partial charge in [0.15, 0.2) is 0 Å². The van der Waals surface area contributed by atoms with Crippen LogP contribution < -0.4 is 10.2 Å². The van der Waals surface area contributed by atoms with E-state index in [1.165, 1.54) is 28.8 Å². The number of aryl methyl sites for hydroxylation is 1. The lowest BCUT2D eigenvalue weighted by Crippen LogP contribution is -2.33. The minimum Gasteiger partial charge on any atom is -0.371 e. The van der Waals surface area contributed by atoms with Gasteiger partial charge in [0.1, 0.15) is 5.01 Å². The lowest BCUT2D eigenvalue weighted by Gasteiger charge is -2.23. The molecule has 1 atom stereocenters. The molecule has 6 heteroatoms. The molecule has 1 N–H and O–H groups in total. The van der Waals surface area contributed by atoms with E-state index in [0.29, 0.717) is 6.54 Å². The zero-order chi connectivity index (χ0) is 20.5. The summed E-state index contributed by atoms with van der Waals surface area (Å²) in [6.07, 6.45) is 4.71. The molecule has 0 radical (unpaired) electrons. The molecule has 5 nitrogen and oxygen atoms in total. The van der Waals surface area contributed by atoms with Crippen LogP contribution in [-0.4, -0.2) is 42.0 Å². The summed E-state index contributed by atoms with van der Waals surface area (Å²) in [4.78, 5) is 22.3. The third-order valence-electron chi connectivity index (χ3n) is 6.23. The molecule has 30 heavy (non-hydrogen) atoms. The van der Waals surface area contributed by atoms with Gasteiger partial charge in [0, 0.05) is 24.5 Å². The molecule has 0 saturated carbocycles. The maximum atomic E-state index is 12.8. The average molecular weight is 421 g/mol. The van der Waals surface area contributed by atoms with Crippen molar-refractivity contribution in [2.45, 2.75) is 38.6 Å². The third kappa shape index (κ3) is 3.94. The van der Waals surface area contributed by atoms with E-state index in [0.717, 1.165) is 48.7 Å². The second-order valence-electron chi connectivity index (χ2n) is 8.39. The van der Waals surface area contributed by atoms with Crippen molar-refractivity contribution >= 4 is 38.8 Å². The summed E-state index contributed by atoms with van der Waals surface area (Å²) in [6.45, 7) is 5.75. The number of hydrogen-bond donors (Lipinski definition) is 1. The first kappa shape index (κ1) is 19.5. The van der Waals surface area contributed by atoms with Crippen LogP contribution in [0.2, 0.25) is 0 Å². The van der Waals surface area contributed by atoms with Gasteiger partial charge in [-0.3, -0.25) is 9.69 Å². The Morgan fingerprint density at radius 3 is 2.77 bits per heavy atom. The number of benzene rings is 2. The highest BCUT2D eigenvalue weighted by atomic mass is 32.1. The number of carbonyl (C=O) groups is 1. The molecule has 2 aliphatic rings. The van der Waals surface area contributed by atoms with Crippen LogP contribution in [0.4, 0.5) is 11.4 Å². The molecule has 0 bridgehead atoms. The summed E-state index contributed by atoms with van der Waals surface area (Å²) in [5.74, 6) is 0.0522. The molecule has 2 aromatic carbocycles. The maximum Gasteiger partial charge on any atom is 0.238 e. The van der Waals surface area contributed by atoms with Gasteiger partial charge in [0.2, 0.25) is 5.91 Å².